The van der Waals surface area contributed by atoms with E-state index in [0.717, 1.165) is 37.4 Å². The smallest absolute Gasteiger partial charge is 0.320 e. The zero-order valence-corrected chi connectivity index (χ0v) is 18.5. The van der Waals surface area contributed by atoms with Gasteiger partial charge in [-0.1, -0.05) is 32.0 Å². The standard InChI is InChI=1S/C24H29FN6O/c1-3-13-31(14-4-2)23-17-22(30-27-18-19-8-7-9-20(25)16-19)28-24(29-23)32-15-11-21-10-5-6-12-26-21/h5-10,12,16-18H,3-4,11,13-15H2,1-2H3,(H,28,29,30)/b27-18+. The first-order chi connectivity index (χ1) is 15.7. The predicted octanol–water partition coefficient (Wildman–Crippen LogP) is 4.70. The molecule has 0 aliphatic rings. The normalized spacial score (nSPS) is 11.0. The van der Waals surface area contributed by atoms with E-state index in [-0.39, 0.29) is 11.8 Å². The van der Waals surface area contributed by atoms with Crippen molar-refractivity contribution in [1.82, 2.24) is 15.0 Å². The van der Waals surface area contributed by atoms with E-state index < -0.39 is 0 Å². The number of halogens is 1. The molecule has 2 heterocycles. The molecule has 0 aliphatic carbocycles. The summed E-state index contributed by atoms with van der Waals surface area (Å²) in [5.74, 6) is 0.976. The number of nitrogens with one attached hydrogen (secondary N) is 1. The van der Waals surface area contributed by atoms with Crippen LogP contribution >= 0.6 is 0 Å². The molecule has 0 aliphatic heterocycles. The third-order valence-electron chi connectivity index (χ3n) is 4.56. The highest BCUT2D eigenvalue weighted by atomic mass is 19.1. The van der Waals surface area contributed by atoms with Crippen molar-refractivity contribution in [3.63, 3.8) is 0 Å². The molecule has 0 spiro atoms. The Kier molecular flexibility index (Phi) is 8.92. The minimum absolute atomic E-state index is 0.277. The number of aromatic nitrogens is 3. The molecule has 0 fully saturated rings. The van der Waals surface area contributed by atoms with Gasteiger partial charge in [0.05, 0.1) is 12.8 Å². The van der Waals surface area contributed by atoms with Crippen LogP contribution in [-0.4, -0.2) is 40.9 Å². The van der Waals surface area contributed by atoms with Crippen molar-refractivity contribution in [2.45, 2.75) is 33.1 Å². The van der Waals surface area contributed by atoms with Crippen LogP contribution in [0.25, 0.3) is 0 Å². The molecule has 0 atom stereocenters. The lowest BCUT2D eigenvalue weighted by Crippen LogP contribution is -2.26. The molecule has 0 unspecified atom stereocenters. The molecular formula is C24H29FN6O. The zero-order chi connectivity index (χ0) is 22.6. The summed E-state index contributed by atoms with van der Waals surface area (Å²) in [5.41, 5.74) is 4.51. The molecule has 32 heavy (non-hydrogen) atoms. The summed E-state index contributed by atoms with van der Waals surface area (Å²) < 4.78 is 19.2. The zero-order valence-electron chi connectivity index (χ0n) is 18.5. The number of hydrogen-bond acceptors (Lipinski definition) is 7. The summed E-state index contributed by atoms with van der Waals surface area (Å²) in [6, 6.07) is 14.1. The average Bonchev–Trinajstić information content (AvgIpc) is 2.80. The van der Waals surface area contributed by atoms with Crippen molar-refractivity contribution in [3.05, 3.63) is 71.8 Å². The second-order valence-corrected chi connectivity index (χ2v) is 7.23. The molecule has 1 aromatic carbocycles. The van der Waals surface area contributed by atoms with Crippen molar-refractivity contribution in [2.75, 3.05) is 30.0 Å². The molecule has 0 radical (unpaired) electrons. The fourth-order valence-corrected chi connectivity index (χ4v) is 3.13. The first-order valence-electron chi connectivity index (χ1n) is 10.9. The summed E-state index contributed by atoms with van der Waals surface area (Å²) in [5, 5.41) is 4.20. The van der Waals surface area contributed by atoms with Crippen LogP contribution in [0.2, 0.25) is 0 Å². The number of rotatable bonds is 12. The third kappa shape index (κ3) is 7.30. The lowest BCUT2D eigenvalue weighted by atomic mass is 10.2. The van der Waals surface area contributed by atoms with Crippen molar-refractivity contribution >= 4 is 17.9 Å². The predicted molar refractivity (Wildman–Crippen MR) is 126 cm³/mol. The summed E-state index contributed by atoms with van der Waals surface area (Å²) >= 11 is 0. The maximum Gasteiger partial charge on any atom is 0.320 e. The highest BCUT2D eigenvalue weighted by molar-refractivity contribution is 5.80. The highest BCUT2D eigenvalue weighted by Gasteiger charge is 2.12. The van der Waals surface area contributed by atoms with E-state index >= 15 is 0 Å². The molecule has 3 aromatic rings. The Hall–Kier alpha value is -3.55. The van der Waals surface area contributed by atoms with E-state index in [1.54, 1.807) is 24.5 Å². The van der Waals surface area contributed by atoms with Crippen molar-refractivity contribution in [3.8, 4) is 6.01 Å². The van der Waals surface area contributed by atoms with Gasteiger partial charge >= 0.3 is 6.01 Å². The van der Waals surface area contributed by atoms with Crippen LogP contribution in [0.4, 0.5) is 16.0 Å². The molecule has 3 rings (SSSR count). The van der Waals surface area contributed by atoms with Gasteiger partial charge in [-0.05, 0) is 42.7 Å². The average molecular weight is 437 g/mol. The Balaban J connectivity index is 1.75. The number of nitrogens with zero attached hydrogens (tertiary/aromatic N) is 5. The van der Waals surface area contributed by atoms with E-state index in [9.17, 15) is 4.39 Å². The Morgan fingerprint density at radius 3 is 2.62 bits per heavy atom. The fourth-order valence-electron chi connectivity index (χ4n) is 3.13. The second-order valence-electron chi connectivity index (χ2n) is 7.23. The van der Waals surface area contributed by atoms with Crippen LogP contribution in [0.1, 0.15) is 37.9 Å². The summed E-state index contributed by atoms with van der Waals surface area (Å²) in [7, 11) is 0. The minimum Gasteiger partial charge on any atom is -0.463 e. The Morgan fingerprint density at radius 1 is 1.06 bits per heavy atom. The Morgan fingerprint density at radius 2 is 1.91 bits per heavy atom. The van der Waals surface area contributed by atoms with E-state index in [0.29, 0.717) is 24.4 Å². The molecule has 7 nitrogen and oxygen atoms in total. The van der Waals surface area contributed by atoms with Crippen LogP contribution < -0.4 is 15.1 Å². The SMILES string of the molecule is CCCN(CCC)c1cc(N/N=C/c2cccc(F)c2)nc(OCCc2ccccn2)n1. The van der Waals surface area contributed by atoms with Crippen LogP contribution in [-0.2, 0) is 6.42 Å². The van der Waals surface area contributed by atoms with Gasteiger partial charge < -0.3 is 9.64 Å². The molecule has 0 bridgehead atoms. The maximum absolute atomic E-state index is 13.4. The molecule has 0 amide bonds. The number of ether oxygens (including phenoxy) is 1. The molecule has 0 saturated carbocycles. The van der Waals surface area contributed by atoms with E-state index in [1.807, 2.05) is 24.3 Å². The quantitative estimate of drug-likeness (QED) is 0.328. The molecule has 0 saturated heterocycles. The maximum atomic E-state index is 13.4. The summed E-state index contributed by atoms with van der Waals surface area (Å²) in [6.07, 6.45) is 5.96. The van der Waals surface area contributed by atoms with Gasteiger partial charge in [-0.25, -0.2) is 4.39 Å². The van der Waals surface area contributed by atoms with Crippen LogP contribution in [0.15, 0.2) is 59.8 Å². The number of pyridine rings is 1. The van der Waals surface area contributed by atoms with E-state index in [1.165, 1.54) is 12.1 Å². The third-order valence-corrected chi connectivity index (χ3v) is 4.56. The Labute approximate surface area is 188 Å². The summed E-state index contributed by atoms with van der Waals surface area (Å²) in [6.45, 7) is 6.44. The van der Waals surface area contributed by atoms with Gasteiger partial charge in [0.2, 0.25) is 0 Å². The second kappa shape index (κ2) is 12.3. The van der Waals surface area contributed by atoms with Crippen LogP contribution in [0.3, 0.4) is 0 Å². The lowest BCUT2D eigenvalue weighted by Gasteiger charge is -2.23. The minimum atomic E-state index is -0.309. The van der Waals surface area contributed by atoms with Gasteiger partial charge in [-0.3, -0.25) is 10.4 Å². The lowest BCUT2D eigenvalue weighted by molar-refractivity contribution is 0.295. The Bertz CT molecular complexity index is 993. The van der Waals surface area contributed by atoms with Crippen LogP contribution in [0.5, 0.6) is 6.01 Å². The monoisotopic (exact) mass is 436 g/mol. The van der Waals surface area contributed by atoms with Crippen molar-refractivity contribution < 1.29 is 9.13 Å². The number of anilines is 2. The first-order valence-corrected chi connectivity index (χ1v) is 10.9. The van der Waals surface area contributed by atoms with Gasteiger partial charge in [0.25, 0.3) is 0 Å². The first kappa shape index (κ1) is 23.1. The van der Waals surface area contributed by atoms with Crippen molar-refractivity contribution in [2.24, 2.45) is 5.10 Å². The number of hydrazone groups is 1. The molecule has 2 aromatic heterocycles. The van der Waals surface area contributed by atoms with Gasteiger partial charge in [0, 0.05) is 37.5 Å². The van der Waals surface area contributed by atoms with Crippen LogP contribution in [0, 0.1) is 5.82 Å². The van der Waals surface area contributed by atoms with E-state index in [4.69, 9.17) is 4.74 Å². The van der Waals surface area contributed by atoms with Gasteiger partial charge in [0.1, 0.15) is 11.6 Å². The van der Waals surface area contributed by atoms with Gasteiger partial charge in [0.15, 0.2) is 5.82 Å². The number of hydrogen-bond donors (Lipinski definition) is 1. The van der Waals surface area contributed by atoms with Crippen molar-refractivity contribution in [1.29, 1.82) is 0 Å². The molecular weight excluding hydrogens is 407 g/mol. The fraction of sp³-hybridized carbons (Fsp3) is 0.333. The molecule has 168 valence electrons. The topological polar surface area (TPSA) is 75.5 Å². The van der Waals surface area contributed by atoms with Gasteiger partial charge in [-0.15, -0.1) is 0 Å². The summed E-state index contributed by atoms with van der Waals surface area (Å²) in [4.78, 5) is 15.6. The highest BCUT2D eigenvalue weighted by Crippen LogP contribution is 2.20. The molecule has 8 heteroatoms. The largest absolute Gasteiger partial charge is 0.463 e. The van der Waals surface area contributed by atoms with E-state index in [2.05, 4.69) is 44.2 Å². The van der Waals surface area contributed by atoms with Gasteiger partial charge in [-0.2, -0.15) is 15.1 Å². The number of benzene rings is 1. The molecule has 1 N–H and O–H groups in total.